The third kappa shape index (κ3) is 5.89. The smallest absolute Gasteiger partial charge is 0.376 e. The van der Waals surface area contributed by atoms with E-state index in [1.165, 1.54) is 54.6 Å². The maximum atomic E-state index is 14.9. The number of aliphatic hydroxyl groups excluding tert-OH is 2. The van der Waals surface area contributed by atoms with Crippen molar-refractivity contribution in [2.75, 3.05) is 0 Å². The van der Waals surface area contributed by atoms with Gasteiger partial charge < -0.3 is 20.4 Å². The Morgan fingerprint density at radius 1 is 0.639 bits per heavy atom. The minimum absolute atomic E-state index is 0.106. The summed E-state index contributed by atoms with van der Waals surface area (Å²) in [4.78, 5) is 44.6. The van der Waals surface area contributed by atoms with Crippen molar-refractivity contribution in [2.24, 2.45) is 0 Å². The zero-order valence-corrected chi connectivity index (χ0v) is 18.5. The molecule has 0 atom stereocenters. The van der Waals surface area contributed by atoms with Gasteiger partial charge in [0.2, 0.25) is 0 Å². The van der Waals surface area contributed by atoms with E-state index in [2.05, 4.69) is 0 Å². The number of carboxylic acids is 2. The van der Waals surface area contributed by atoms with E-state index in [4.69, 9.17) is 10.2 Å². The fourth-order valence-corrected chi connectivity index (χ4v) is 3.55. The van der Waals surface area contributed by atoms with Crippen LogP contribution in [0.25, 0.3) is 11.5 Å². The molecular formula is C27H19FO8. The van der Waals surface area contributed by atoms with E-state index in [1.807, 2.05) is 0 Å². The summed E-state index contributed by atoms with van der Waals surface area (Å²) in [6, 6.07) is 18.0. The van der Waals surface area contributed by atoms with Gasteiger partial charge in [-0.2, -0.15) is 0 Å². The maximum Gasteiger partial charge on any atom is 0.376 e. The Balaban J connectivity index is 2.16. The summed E-state index contributed by atoms with van der Waals surface area (Å²) in [5.41, 5.74) is 1.33. The lowest BCUT2D eigenvalue weighted by molar-refractivity contribution is -0.146. The highest BCUT2D eigenvalue weighted by molar-refractivity contribution is 6.39. The quantitative estimate of drug-likeness (QED) is 0.152. The molecule has 0 saturated heterocycles. The van der Waals surface area contributed by atoms with Gasteiger partial charge in [-0.1, -0.05) is 54.6 Å². The lowest BCUT2D eigenvalue weighted by Gasteiger charge is -2.21. The minimum Gasteiger partial charge on any atom is -0.507 e. The van der Waals surface area contributed by atoms with Crippen molar-refractivity contribution >= 4 is 35.0 Å². The van der Waals surface area contributed by atoms with E-state index in [0.29, 0.717) is 23.3 Å². The molecule has 0 aromatic heterocycles. The monoisotopic (exact) mass is 490 g/mol. The Morgan fingerprint density at radius 2 is 1.08 bits per heavy atom. The molecule has 0 heterocycles. The number of carboxylic acid groups (broad SMARTS) is 2. The SMILES string of the molecule is O=C(O)C(=O)/C=C(\O)c1cccc(C(c2cccc(/C(O)=C/C(=O)C(=O)O)c2)c2ccccc2F)c1. The molecule has 0 spiro atoms. The van der Waals surface area contributed by atoms with Crippen molar-refractivity contribution in [3.8, 4) is 0 Å². The first-order valence-electron chi connectivity index (χ1n) is 10.4. The molecular weight excluding hydrogens is 471 g/mol. The number of carbonyl (C=O) groups excluding carboxylic acids is 2. The number of hydrogen-bond donors (Lipinski definition) is 4. The maximum absolute atomic E-state index is 14.9. The topological polar surface area (TPSA) is 149 Å². The number of rotatable bonds is 9. The third-order valence-electron chi connectivity index (χ3n) is 5.20. The summed E-state index contributed by atoms with van der Waals surface area (Å²) in [6.07, 6.45) is 1.12. The van der Waals surface area contributed by atoms with Crippen LogP contribution < -0.4 is 0 Å². The number of benzene rings is 3. The van der Waals surface area contributed by atoms with Crippen LogP contribution >= 0.6 is 0 Å². The van der Waals surface area contributed by atoms with Crippen molar-refractivity contribution in [3.63, 3.8) is 0 Å². The molecule has 0 fully saturated rings. The van der Waals surface area contributed by atoms with Gasteiger partial charge in [0, 0.05) is 29.2 Å². The van der Waals surface area contributed by atoms with E-state index < -0.39 is 46.8 Å². The lowest BCUT2D eigenvalue weighted by Crippen LogP contribution is -2.10. The van der Waals surface area contributed by atoms with Crippen molar-refractivity contribution in [1.29, 1.82) is 0 Å². The van der Waals surface area contributed by atoms with Crippen LogP contribution in [0.5, 0.6) is 0 Å². The Kier molecular flexibility index (Phi) is 7.75. The number of aliphatic carboxylic acids is 2. The molecule has 3 aromatic carbocycles. The van der Waals surface area contributed by atoms with E-state index >= 15 is 0 Å². The lowest BCUT2D eigenvalue weighted by atomic mass is 9.83. The van der Waals surface area contributed by atoms with Crippen LogP contribution in [0, 0.1) is 5.82 Å². The van der Waals surface area contributed by atoms with Gasteiger partial charge in [-0.15, -0.1) is 0 Å². The molecule has 0 radical (unpaired) electrons. The Hall–Kier alpha value is -5.05. The third-order valence-corrected chi connectivity index (χ3v) is 5.20. The Bertz CT molecular complexity index is 1340. The first-order chi connectivity index (χ1) is 17.1. The highest BCUT2D eigenvalue weighted by atomic mass is 19.1. The van der Waals surface area contributed by atoms with E-state index in [9.17, 15) is 33.8 Å². The van der Waals surface area contributed by atoms with Gasteiger partial charge in [0.25, 0.3) is 11.6 Å². The van der Waals surface area contributed by atoms with Crippen LogP contribution in [0.15, 0.2) is 84.9 Å². The molecule has 4 N–H and O–H groups in total. The second kappa shape index (κ2) is 10.9. The Labute approximate surface area is 203 Å². The predicted octanol–water partition coefficient (Wildman–Crippen LogP) is 4.11. The van der Waals surface area contributed by atoms with Gasteiger partial charge >= 0.3 is 11.9 Å². The summed E-state index contributed by atoms with van der Waals surface area (Å²) in [7, 11) is 0. The Morgan fingerprint density at radius 3 is 1.50 bits per heavy atom. The summed E-state index contributed by atoms with van der Waals surface area (Å²) in [5, 5.41) is 38.1. The predicted molar refractivity (Wildman–Crippen MR) is 127 cm³/mol. The van der Waals surface area contributed by atoms with Crippen molar-refractivity contribution in [3.05, 3.63) is 119 Å². The number of carbonyl (C=O) groups is 4. The zero-order chi connectivity index (χ0) is 26.4. The first-order valence-corrected chi connectivity index (χ1v) is 10.4. The molecule has 182 valence electrons. The van der Waals surface area contributed by atoms with Gasteiger partial charge in [0.1, 0.15) is 17.3 Å². The van der Waals surface area contributed by atoms with Crippen molar-refractivity contribution in [1.82, 2.24) is 0 Å². The average Bonchev–Trinajstić information content (AvgIpc) is 2.85. The van der Waals surface area contributed by atoms with E-state index in [0.717, 1.165) is 0 Å². The number of halogens is 1. The highest BCUT2D eigenvalue weighted by Crippen LogP contribution is 2.35. The van der Waals surface area contributed by atoms with Crippen molar-refractivity contribution < 1.29 is 44.0 Å². The molecule has 3 rings (SSSR count). The zero-order valence-electron chi connectivity index (χ0n) is 18.5. The first kappa shape index (κ1) is 25.6. The van der Waals surface area contributed by atoms with E-state index in [1.54, 1.807) is 18.2 Å². The molecule has 0 saturated carbocycles. The van der Waals surface area contributed by atoms with E-state index in [-0.39, 0.29) is 16.7 Å². The largest absolute Gasteiger partial charge is 0.507 e. The number of aliphatic hydroxyl groups is 2. The van der Waals surface area contributed by atoms with Gasteiger partial charge in [-0.3, -0.25) is 9.59 Å². The number of ketones is 2. The van der Waals surface area contributed by atoms with Crippen LogP contribution in [0.3, 0.4) is 0 Å². The second-order valence-electron chi connectivity index (χ2n) is 7.60. The van der Waals surface area contributed by atoms with Gasteiger partial charge in [-0.05, 0) is 34.9 Å². The number of hydrogen-bond acceptors (Lipinski definition) is 6. The van der Waals surface area contributed by atoms with Crippen LogP contribution in [0.4, 0.5) is 4.39 Å². The molecule has 0 unspecified atom stereocenters. The normalized spacial score (nSPS) is 12.6. The summed E-state index contributed by atoms with van der Waals surface area (Å²) in [5.74, 6) is -8.70. The molecule has 0 bridgehead atoms. The van der Waals surface area contributed by atoms with Gasteiger partial charge in [0.05, 0.1) is 0 Å². The minimum atomic E-state index is -1.74. The molecule has 0 aliphatic carbocycles. The van der Waals surface area contributed by atoms with Gasteiger partial charge in [-0.25, -0.2) is 14.0 Å². The molecule has 0 aliphatic heterocycles. The summed E-state index contributed by atoms with van der Waals surface area (Å²) in [6.45, 7) is 0. The molecule has 3 aromatic rings. The molecule has 0 amide bonds. The van der Waals surface area contributed by atoms with Gasteiger partial charge in [0.15, 0.2) is 0 Å². The molecule has 36 heavy (non-hydrogen) atoms. The van der Waals surface area contributed by atoms with Crippen LogP contribution in [-0.2, 0) is 19.2 Å². The second-order valence-corrected chi connectivity index (χ2v) is 7.60. The molecule has 9 heteroatoms. The summed E-state index contributed by atoms with van der Waals surface area (Å²) < 4.78 is 14.9. The molecule has 0 aliphatic rings. The fraction of sp³-hybridized carbons (Fsp3) is 0.0370. The molecule has 8 nitrogen and oxygen atoms in total. The van der Waals surface area contributed by atoms with Crippen LogP contribution in [-0.4, -0.2) is 43.9 Å². The fourth-order valence-electron chi connectivity index (χ4n) is 3.55. The average molecular weight is 490 g/mol. The highest BCUT2D eigenvalue weighted by Gasteiger charge is 2.22. The van der Waals surface area contributed by atoms with Crippen molar-refractivity contribution in [2.45, 2.75) is 5.92 Å². The standard InChI is InChI=1S/C27H19FO8/c28-20-10-2-1-9-19(20)25(17-7-3-5-15(11-17)21(29)13-23(31)26(33)34)18-8-4-6-16(12-18)22(30)14-24(32)27(35)36/h1-14,25,29-30H,(H,33,34)(H,35,36)/b21-13-,22-14-. The van der Waals surface area contributed by atoms with Crippen LogP contribution in [0.2, 0.25) is 0 Å². The summed E-state index contributed by atoms with van der Waals surface area (Å²) >= 11 is 0. The van der Waals surface area contributed by atoms with Crippen LogP contribution in [0.1, 0.15) is 33.7 Å².